The summed E-state index contributed by atoms with van der Waals surface area (Å²) >= 11 is 7.58. The molecule has 0 unspecified atom stereocenters. The van der Waals surface area contributed by atoms with Gasteiger partial charge in [0.1, 0.15) is 0 Å². The van der Waals surface area contributed by atoms with E-state index in [-0.39, 0.29) is 11.6 Å². The second-order valence-corrected chi connectivity index (χ2v) is 6.36. The Balaban J connectivity index is 1.56. The molecule has 2 aromatic carbocycles. The zero-order valence-corrected chi connectivity index (χ0v) is 13.6. The molecule has 1 aromatic heterocycles. The lowest BCUT2D eigenvalue weighted by molar-refractivity contribution is -0.113. The first-order valence-electron chi connectivity index (χ1n) is 6.95. The van der Waals surface area contributed by atoms with Gasteiger partial charge in [-0.3, -0.25) is 4.79 Å². The van der Waals surface area contributed by atoms with Crippen molar-refractivity contribution in [3.63, 3.8) is 0 Å². The first-order valence-corrected chi connectivity index (χ1v) is 8.48. The molecule has 0 aliphatic heterocycles. The largest absolute Gasteiger partial charge is 0.325 e. The van der Waals surface area contributed by atoms with Gasteiger partial charge in [-0.25, -0.2) is 4.79 Å². The van der Waals surface area contributed by atoms with Crippen LogP contribution in [0.5, 0.6) is 0 Å². The number of hydrogen-bond acceptors (Lipinski definition) is 3. The number of amides is 1. The van der Waals surface area contributed by atoms with Crippen molar-refractivity contribution in [2.24, 2.45) is 0 Å². The average Bonchev–Trinajstić information content (AvgIpc) is 2.88. The molecular weight excluding hydrogens is 334 g/mol. The number of carbonyl (C=O) groups excluding carboxylic acids is 1. The van der Waals surface area contributed by atoms with E-state index in [1.807, 2.05) is 24.3 Å². The van der Waals surface area contributed by atoms with Crippen LogP contribution in [0.4, 0.5) is 5.69 Å². The molecule has 1 amide bonds. The standard InChI is InChI=1S/C16H14ClN3O2S/c17-12-4-2-1-3-10(12)8-23-9-15(21)18-11-5-6-13-14(7-11)20-16(22)19-13/h1-7H,8-9H2,(H,18,21)(H2,19,20,22). The minimum absolute atomic E-state index is 0.0979. The zero-order valence-electron chi connectivity index (χ0n) is 12.1. The number of imidazole rings is 1. The van der Waals surface area contributed by atoms with E-state index >= 15 is 0 Å². The molecule has 118 valence electrons. The molecule has 3 N–H and O–H groups in total. The fraction of sp³-hybridized carbons (Fsp3) is 0.125. The van der Waals surface area contributed by atoms with Crippen LogP contribution in [-0.4, -0.2) is 21.6 Å². The van der Waals surface area contributed by atoms with Crippen molar-refractivity contribution in [3.8, 4) is 0 Å². The van der Waals surface area contributed by atoms with E-state index in [4.69, 9.17) is 11.6 Å². The number of fused-ring (bicyclic) bond motifs is 1. The number of H-pyrrole nitrogens is 2. The summed E-state index contributed by atoms with van der Waals surface area (Å²) in [6.45, 7) is 0. The van der Waals surface area contributed by atoms with Gasteiger partial charge in [-0.05, 0) is 29.8 Å². The maximum atomic E-state index is 12.0. The van der Waals surface area contributed by atoms with Gasteiger partial charge in [-0.1, -0.05) is 29.8 Å². The maximum absolute atomic E-state index is 12.0. The molecule has 0 aliphatic rings. The van der Waals surface area contributed by atoms with Gasteiger partial charge in [0.25, 0.3) is 0 Å². The Morgan fingerprint density at radius 3 is 2.74 bits per heavy atom. The number of aromatic amines is 2. The van der Waals surface area contributed by atoms with E-state index in [0.717, 1.165) is 5.56 Å². The van der Waals surface area contributed by atoms with Crippen LogP contribution in [0.2, 0.25) is 5.02 Å². The normalized spacial score (nSPS) is 10.8. The number of carbonyl (C=O) groups is 1. The summed E-state index contributed by atoms with van der Waals surface area (Å²) in [5.74, 6) is 0.906. The molecule has 1 heterocycles. The van der Waals surface area contributed by atoms with Crippen LogP contribution in [-0.2, 0) is 10.5 Å². The molecule has 0 bridgehead atoms. The van der Waals surface area contributed by atoms with Gasteiger partial charge in [-0.2, -0.15) is 0 Å². The molecule has 0 aliphatic carbocycles. The van der Waals surface area contributed by atoms with Crippen LogP contribution < -0.4 is 11.0 Å². The zero-order chi connectivity index (χ0) is 16.2. The lowest BCUT2D eigenvalue weighted by atomic mass is 10.2. The summed E-state index contributed by atoms with van der Waals surface area (Å²) in [5, 5.41) is 3.53. The van der Waals surface area contributed by atoms with Crippen LogP contribution >= 0.6 is 23.4 Å². The van der Waals surface area contributed by atoms with Crippen LogP contribution in [0, 0.1) is 0 Å². The predicted octanol–water partition coefficient (Wildman–Crippen LogP) is 3.38. The molecule has 7 heteroatoms. The van der Waals surface area contributed by atoms with Gasteiger partial charge >= 0.3 is 5.69 Å². The van der Waals surface area contributed by atoms with Gasteiger partial charge in [-0.15, -0.1) is 11.8 Å². The van der Waals surface area contributed by atoms with Crippen LogP contribution in [0.15, 0.2) is 47.3 Å². The van der Waals surface area contributed by atoms with Gasteiger partial charge in [0.15, 0.2) is 0 Å². The average molecular weight is 348 g/mol. The minimum Gasteiger partial charge on any atom is -0.325 e. The summed E-state index contributed by atoms with van der Waals surface area (Å²) in [5.41, 5.74) is 2.77. The monoisotopic (exact) mass is 347 g/mol. The highest BCUT2D eigenvalue weighted by Crippen LogP contribution is 2.21. The van der Waals surface area contributed by atoms with Gasteiger partial charge in [0.05, 0.1) is 16.8 Å². The van der Waals surface area contributed by atoms with Crippen molar-refractivity contribution in [1.82, 2.24) is 9.97 Å². The highest BCUT2D eigenvalue weighted by Gasteiger charge is 2.06. The molecular formula is C16H14ClN3O2S. The number of anilines is 1. The number of nitrogens with one attached hydrogen (secondary N) is 3. The number of halogens is 1. The number of thioether (sulfide) groups is 1. The van der Waals surface area contributed by atoms with Crippen molar-refractivity contribution in [1.29, 1.82) is 0 Å². The van der Waals surface area contributed by atoms with Crippen molar-refractivity contribution in [2.75, 3.05) is 11.1 Å². The summed E-state index contributed by atoms with van der Waals surface area (Å²) in [4.78, 5) is 28.5. The topological polar surface area (TPSA) is 77.8 Å². The number of rotatable bonds is 5. The quantitative estimate of drug-likeness (QED) is 0.662. The Morgan fingerprint density at radius 2 is 1.91 bits per heavy atom. The molecule has 0 fully saturated rings. The third-order valence-corrected chi connectivity index (χ3v) is 4.60. The fourth-order valence-electron chi connectivity index (χ4n) is 2.18. The third kappa shape index (κ3) is 3.97. The van der Waals surface area contributed by atoms with Crippen molar-refractivity contribution < 1.29 is 4.79 Å². The van der Waals surface area contributed by atoms with Crippen molar-refractivity contribution >= 4 is 46.0 Å². The molecule has 5 nitrogen and oxygen atoms in total. The molecule has 0 saturated carbocycles. The van der Waals surface area contributed by atoms with Gasteiger partial charge < -0.3 is 15.3 Å². The second-order valence-electron chi connectivity index (χ2n) is 4.97. The summed E-state index contributed by atoms with van der Waals surface area (Å²) in [6, 6.07) is 12.8. The SMILES string of the molecule is O=C(CSCc1ccccc1Cl)Nc1ccc2[nH]c(=O)[nH]c2c1. The molecule has 0 saturated heterocycles. The lowest BCUT2D eigenvalue weighted by Crippen LogP contribution is -2.14. The Labute approximate surface area is 141 Å². The maximum Gasteiger partial charge on any atom is 0.323 e. The Kier molecular flexibility index (Phi) is 4.73. The van der Waals surface area contributed by atoms with E-state index in [1.165, 1.54) is 11.8 Å². The summed E-state index contributed by atoms with van der Waals surface area (Å²) in [6.07, 6.45) is 0. The van der Waals surface area contributed by atoms with E-state index in [1.54, 1.807) is 18.2 Å². The Hall–Kier alpha value is -2.18. The van der Waals surface area contributed by atoms with Crippen molar-refractivity contribution in [3.05, 3.63) is 63.5 Å². The molecule has 0 spiro atoms. The number of hydrogen-bond donors (Lipinski definition) is 3. The Bertz CT molecular complexity index is 903. The molecule has 3 aromatic rings. The van der Waals surface area contributed by atoms with E-state index in [0.29, 0.717) is 33.2 Å². The predicted molar refractivity (Wildman–Crippen MR) is 95.2 cm³/mol. The first kappa shape index (κ1) is 15.7. The Morgan fingerprint density at radius 1 is 1.13 bits per heavy atom. The third-order valence-electron chi connectivity index (χ3n) is 3.25. The highest BCUT2D eigenvalue weighted by atomic mass is 35.5. The van der Waals surface area contributed by atoms with Gasteiger partial charge in [0, 0.05) is 16.5 Å². The summed E-state index contributed by atoms with van der Waals surface area (Å²) < 4.78 is 0. The fourth-order valence-corrected chi connectivity index (χ4v) is 3.29. The second kappa shape index (κ2) is 6.93. The minimum atomic E-state index is -0.265. The first-order chi connectivity index (χ1) is 11.1. The molecule has 3 rings (SSSR count). The highest BCUT2D eigenvalue weighted by molar-refractivity contribution is 7.99. The van der Waals surface area contributed by atoms with Gasteiger partial charge in [0.2, 0.25) is 5.91 Å². The number of aromatic nitrogens is 2. The smallest absolute Gasteiger partial charge is 0.323 e. The summed E-state index contributed by atoms with van der Waals surface area (Å²) in [7, 11) is 0. The molecule has 0 atom stereocenters. The van der Waals surface area contributed by atoms with Crippen molar-refractivity contribution in [2.45, 2.75) is 5.75 Å². The molecule has 23 heavy (non-hydrogen) atoms. The van der Waals surface area contributed by atoms with E-state index < -0.39 is 0 Å². The van der Waals surface area contributed by atoms with E-state index in [9.17, 15) is 9.59 Å². The molecule has 0 radical (unpaired) electrons. The van der Waals surface area contributed by atoms with Crippen LogP contribution in [0.25, 0.3) is 11.0 Å². The number of benzene rings is 2. The lowest BCUT2D eigenvalue weighted by Gasteiger charge is -2.06. The van der Waals surface area contributed by atoms with Crippen LogP contribution in [0.1, 0.15) is 5.56 Å². The van der Waals surface area contributed by atoms with Crippen LogP contribution in [0.3, 0.4) is 0 Å². The van der Waals surface area contributed by atoms with E-state index in [2.05, 4.69) is 15.3 Å².